The summed E-state index contributed by atoms with van der Waals surface area (Å²) in [5, 5.41) is 14.2. The van der Waals surface area contributed by atoms with Crippen LogP contribution in [0.5, 0.6) is 0 Å². The maximum Gasteiger partial charge on any atom is 0.326 e. The molecule has 0 saturated carbocycles. The minimum atomic E-state index is -0.990. The lowest BCUT2D eigenvalue weighted by atomic mass is 9.99. The Bertz CT molecular complexity index is 264. The highest BCUT2D eigenvalue weighted by Gasteiger charge is 2.23. The van der Waals surface area contributed by atoms with E-state index in [0.717, 1.165) is 19.3 Å². The van der Waals surface area contributed by atoms with Crippen molar-refractivity contribution in [2.24, 2.45) is 0 Å². The molecule has 0 aliphatic heterocycles. The van der Waals surface area contributed by atoms with Gasteiger partial charge >= 0.3 is 12.0 Å². The number of urea groups is 1. The lowest BCUT2D eigenvalue weighted by Crippen LogP contribution is -2.52. The molecule has 0 spiro atoms. The molecule has 0 aromatic rings. The van der Waals surface area contributed by atoms with Crippen LogP contribution in [-0.2, 0) is 4.79 Å². The highest BCUT2D eigenvalue weighted by molar-refractivity contribution is 5.82. The Hall–Kier alpha value is -1.26. The predicted octanol–water partition coefficient (Wildman–Crippen LogP) is 2.12. The molecular formula is C12H24N2O3. The lowest BCUT2D eigenvalue weighted by Gasteiger charge is -2.26. The van der Waals surface area contributed by atoms with E-state index in [4.69, 9.17) is 5.11 Å². The number of hydrogen-bond donors (Lipinski definition) is 3. The number of carboxylic acid groups (broad SMARTS) is 1. The van der Waals surface area contributed by atoms with E-state index >= 15 is 0 Å². The van der Waals surface area contributed by atoms with Crippen LogP contribution in [0.3, 0.4) is 0 Å². The Balaban J connectivity index is 4.27. The second-order valence-electron chi connectivity index (χ2n) is 4.91. The van der Waals surface area contributed by atoms with E-state index < -0.39 is 18.0 Å². The van der Waals surface area contributed by atoms with Gasteiger partial charge in [0.25, 0.3) is 0 Å². The van der Waals surface area contributed by atoms with E-state index in [9.17, 15) is 9.59 Å². The third-order valence-corrected chi connectivity index (χ3v) is 2.51. The van der Waals surface area contributed by atoms with Crippen LogP contribution in [0.15, 0.2) is 0 Å². The van der Waals surface area contributed by atoms with E-state index in [1.54, 1.807) is 0 Å². The van der Waals surface area contributed by atoms with Crippen molar-refractivity contribution in [1.29, 1.82) is 0 Å². The van der Waals surface area contributed by atoms with Crippen LogP contribution in [0, 0.1) is 0 Å². The Morgan fingerprint density at radius 2 is 1.82 bits per heavy atom. The molecule has 0 rings (SSSR count). The first-order valence-corrected chi connectivity index (χ1v) is 6.14. The minimum absolute atomic E-state index is 0.311. The van der Waals surface area contributed by atoms with Crippen LogP contribution in [0.2, 0.25) is 0 Å². The highest BCUT2D eigenvalue weighted by atomic mass is 16.4. The van der Waals surface area contributed by atoms with Crippen molar-refractivity contribution in [2.75, 3.05) is 0 Å². The van der Waals surface area contributed by atoms with Gasteiger partial charge in [-0.1, -0.05) is 26.7 Å². The summed E-state index contributed by atoms with van der Waals surface area (Å²) in [5.41, 5.74) is -0.311. The lowest BCUT2D eigenvalue weighted by molar-refractivity contribution is -0.139. The molecule has 0 radical (unpaired) electrons. The number of hydrogen-bond acceptors (Lipinski definition) is 2. The molecule has 5 nitrogen and oxygen atoms in total. The molecule has 3 N–H and O–H groups in total. The number of amides is 2. The van der Waals surface area contributed by atoms with Gasteiger partial charge in [0.1, 0.15) is 6.04 Å². The van der Waals surface area contributed by atoms with E-state index in [1.807, 2.05) is 27.7 Å². The molecule has 0 saturated heterocycles. The van der Waals surface area contributed by atoms with Gasteiger partial charge in [-0.3, -0.25) is 0 Å². The van der Waals surface area contributed by atoms with Crippen LogP contribution in [0.25, 0.3) is 0 Å². The van der Waals surface area contributed by atoms with Gasteiger partial charge < -0.3 is 15.7 Å². The van der Waals surface area contributed by atoms with Gasteiger partial charge in [-0.05, 0) is 26.7 Å². The normalized spacial score (nSPS) is 12.9. The summed E-state index contributed by atoms with van der Waals surface area (Å²) in [5.74, 6) is -0.990. The van der Waals surface area contributed by atoms with E-state index in [1.165, 1.54) is 0 Å². The van der Waals surface area contributed by atoms with Crippen LogP contribution in [0.1, 0.15) is 53.4 Å². The largest absolute Gasteiger partial charge is 0.480 e. The number of carbonyl (C=O) groups is 2. The summed E-state index contributed by atoms with van der Waals surface area (Å²) >= 11 is 0. The number of carbonyl (C=O) groups excluding carboxylic acids is 1. The Morgan fingerprint density at radius 1 is 1.24 bits per heavy atom. The zero-order valence-electron chi connectivity index (χ0n) is 11.2. The van der Waals surface area contributed by atoms with Gasteiger partial charge in [0.05, 0.1) is 0 Å². The second kappa shape index (κ2) is 7.14. The zero-order chi connectivity index (χ0) is 13.5. The molecule has 0 aromatic carbocycles. The quantitative estimate of drug-likeness (QED) is 0.642. The number of aliphatic carboxylic acids is 1. The van der Waals surface area contributed by atoms with Gasteiger partial charge in [0, 0.05) is 5.54 Å². The summed E-state index contributed by atoms with van der Waals surface area (Å²) in [6.07, 6.45) is 2.98. The van der Waals surface area contributed by atoms with Crippen molar-refractivity contribution in [1.82, 2.24) is 10.6 Å². The molecule has 0 aliphatic rings. The fourth-order valence-electron chi connectivity index (χ4n) is 1.74. The summed E-state index contributed by atoms with van der Waals surface area (Å²) in [6.45, 7) is 7.77. The summed E-state index contributed by atoms with van der Waals surface area (Å²) < 4.78 is 0. The first kappa shape index (κ1) is 15.7. The van der Waals surface area contributed by atoms with Crippen LogP contribution in [0.4, 0.5) is 4.79 Å². The monoisotopic (exact) mass is 244 g/mol. The van der Waals surface area contributed by atoms with Crippen molar-refractivity contribution in [3.8, 4) is 0 Å². The molecule has 5 heteroatoms. The van der Waals surface area contributed by atoms with Crippen molar-refractivity contribution in [2.45, 2.75) is 65.0 Å². The number of rotatable bonds is 7. The molecule has 0 aliphatic carbocycles. The smallest absolute Gasteiger partial charge is 0.326 e. The maximum atomic E-state index is 11.6. The average Bonchev–Trinajstić information content (AvgIpc) is 2.15. The minimum Gasteiger partial charge on any atom is -0.480 e. The molecule has 17 heavy (non-hydrogen) atoms. The highest BCUT2D eigenvalue weighted by Crippen LogP contribution is 2.10. The SMILES string of the molecule is CCC[C@H](NC(=O)NC(C)(C)CCC)C(=O)O. The van der Waals surface area contributed by atoms with E-state index in [0.29, 0.717) is 6.42 Å². The number of nitrogens with one attached hydrogen (secondary N) is 2. The van der Waals surface area contributed by atoms with Gasteiger partial charge in [-0.15, -0.1) is 0 Å². The summed E-state index contributed by atoms with van der Waals surface area (Å²) in [7, 11) is 0. The van der Waals surface area contributed by atoms with Crippen molar-refractivity contribution in [3.05, 3.63) is 0 Å². The first-order valence-electron chi connectivity index (χ1n) is 6.14. The molecule has 0 bridgehead atoms. The molecule has 0 fully saturated rings. The van der Waals surface area contributed by atoms with Crippen molar-refractivity contribution in [3.63, 3.8) is 0 Å². The first-order chi connectivity index (χ1) is 7.82. The molecule has 0 unspecified atom stereocenters. The predicted molar refractivity (Wildman–Crippen MR) is 67.0 cm³/mol. The molecule has 0 aromatic heterocycles. The van der Waals surface area contributed by atoms with Gasteiger partial charge in [0.2, 0.25) is 0 Å². The van der Waals surface area contributed by atoms with Gasteiger partial charge in [0.15, 0.2) is 0 Å². The molecule has 0 heterocycles. The third-order valence-electron chi connectivity index (χ3n) is 2.51. The topological polar surface area (TPSA) is 78.4 Å². The molecule has 2 amide bonds. The second-order valence-corrected chi connectivity index (χ2v) is 4.91. The Morgan fingerprint density at radius 3 is 2.24 bits per heavy atom. The third kappa shape index (κ3) is 6.81. The van der Waals surface area contributed by atoms with Crippen molar-refractivity contribution < 1.29 is 14.7 Å². The van der Waals surface area contributed by atoms with Gasteiger partial charge in [-0.2, -0.15) is 0 Å². The Kier molecular flexibility index (Phi) is 6.61. The molecule has 1 atom stereocenters. The standard InChI is InChI=1S/C12H24N2O3/c1-5-7-9(10(15)16)13-11(17)14-12(3,4)8-6-2/h9H,5-8H2,1-4H3,(H,15,16)(H2,13,14,17)/t9-/m0/s1. The fraction of sp³-hybridized carbons (Fsp3) is 0.833. The van der Waals surface area contributed by atoms with Gasteiger partial charge in [-0.25, -0.2) is 9.59 Å². The van der Waals surface area contributed by atoms with Crippen LogP contribution >= 0.6 is 0 Å². The molecule has 100 valence electrons. The zero-order valence-corrected chi connectivity index (χ0v) is 11.2. The van der Waals surface area contributed by atoms with Crippen molar-refractivity contribution >= 4 is 12.0 Å². The summed E-state index contributed by atoms with van der Waals surface area (Å²) in [6, 6.07) is -1.22. The van der Waals surface area contributed by atoms with E-state index in [-0.39, 0.29) is 5.54 Å². The van der Waals surface area contributed by atoms with Crippen LogP contribution in [-0.4, -0.2) is 28.7 Å². The number of carboxylic acids is 1. The van der Waals surface area contributed by atoms with Crippen LogP contribution < -0.4 is 10.6 Å². The average molecular weight is 244 g/mol. The molecular weight excluding hydrogens is 220 g/mol. The summed E-state index contributed by atoms with van der Waals surface area (Å²) in [4.78, 5) is 22.5. The fourth-order valence-corrected chi connectivity index (χ4v) is 1.74. The Labute approximate surface area is 103 Å². The maximum absolute atomic E-state index is 11.6. The van der Waals surface area contributed by atoms with E-state index in [2.05, 4.69) is 10.6 Å².